The van der Waals surface area contributed by atoms with Crippen molar-refractivity contribution in [1.29, 1.82) is 0 Å². The number of nitrogens with zero attached hydrogens (tertiary/aromatic N) is 1. The van der Waals surface area contributed by atoms with Crippen molar-refractivity contribution in [3.05, 3.63) is 48.5 Å². The molecule has 2 aromatic rings. The van der Waals surface area contributed by atoms with Crippen molar-refractivity contribution in [2.24, 2.45) is 4.99 Å². The fraction of sp³-hybridized carbons (Fsp3) is 0.0714. The van der Waals surface area contributed by atoms with E-state index < -0.39 is 0 Å². The third-order valence-electron chi connectivity index (χ3n) is 2.45. The number of hydrogen-bond acceptors (Lipinski definition) is 3. The van der Waals surface area contributed by atoms with Gasteiger partial charge in [0.2, 0.25) is 0 Å². The highest BCUT2D eigenvalue weighted by Crippen LogP contribution is 2.32. The van der Waals surface area contributed by atoms with Gasteiger partial charge in [-0.2, -0.15) is 4.99 Å². The maximum absolute atomic E-state index is 5.28. The largest absolute Gasteiger partial charge is 0.494 e. The van der Waals surface area contributed by atoms with E-state index >= 15 is 0 Å². The van der Waals surface area contributed by atoms with Crippen LogP contribution >= 0.6 is 12.2 Å². The van der Waals surface area contributed by atoms with Gasteiger partial charge in [-0.05, 0) is 35.5 Å². The van der Waals surface area contributed by atoms with Crippen LogP contribution in [0.3, 0.4) is 0 Å². The van der Waals surface area contributed by atoms with Crippen molar-refractivity contribution in [3.8, 4) is 16.9 Å². The predicted molar refractivity (Wildman–Crippen MR) is 73.1 cm³/mol. The van der Waals surface area contributed by atoms with Crippen LogP contribution in [-0.2, 0) is 0 Å². The maximum Gasteiger partial charge on any atom is 0.145 e. The normalized spacial score (nSPS) is 9.47. The summed E-state index contributed by atoms with van der Waals surface area (Å²) in [5, 5.41) is 2.35. The Kier molecular flexibility index (Phi) is 3.66. The van der Waals surface area contributed by atoms with E-state index in [2.05, 4.69) is 34.5 Å². The van der Waals surface area contributed by atoms with Crippen LogP contribution in [0.1, 0.15) is 0 Å². The number of ether oxygens (including phenoxy) is 1. The number of benzene rings is 2. The first-order valence-electron chi connectivity index (χ1n) is 5.16. The molecule has 2 rings (SSSR count). The fourth-order valence-electron chi connectivity index (χ4n) is 1.63. The number of hydrogen-bond donors (Lipinski definition) is 0. The van der Waals surface area contributed by atoms with Crippen LogP contribution in [0.5, 0.6) is 5.75 Å². The SMILES string of the molecule is COc1cc(-c2ccccc2)ccc1N=C=S. The van der Waals surface area contributed by atoms with E-state index in [4.69, 9.17) is 4.74 Å². The summed E-state index contributed by atoms with van der Waals surface area (Å²) >= 11 is 4.60. The molecule has 0 unspecified atom stereocenters. The molecule has 0 fully saturated rings. The van der Waals surface area contributed by atoms with Gasteiger partial charge in [-0.3, -0.25) is 0 Å². The van der Waals surface area contributed by atoms with Crippen LogP contribution < -0.4 is 4.74 Å². The van der Waals surface area contributed by atoms with Gasteiger partial charge < -0.3 is 4.74 Å². The lowest BCUT2D eigenvalue weighted by molar-refractivity contribution is 0.416. The van der Waals surface area contributed by atoms with Crippen LogP contribution in [0.25, 0.3) is 11.1 Å². The van der Waals surface area contributed by atoms with Gasteiger partial charge in [0, 0.05) is 0 Å². The molecule has 0 aliphatic carbocycles. The Morgan fingerprint density at radius 1 is 1.06 bits per heavy atom. The van der Waals surface area contributed by atoms with Crippen LogP contribution in [0.4, 0.5) is 5.69 Å². The summed E-state index contributed by atoms with van der Waals surface area (Å²) in [6.45, 7) is 0. The minimum absolute atomic E-state index is 0.696. The van der Waals surface area contributed by atoms with Gasteiger partial charge in [0.05, 0.1) is 12.3 Å². The minimum Gasteiger partial charge on any atom is -0.494 e. The Morgan fingerprint density at radius 3 is 2.47 bits per heavy atom. The molecule has 0 bridgehead atoms. The Bertz CT molecular complexity index is 560. The molecule has 0 saturated carbocycles. The van der Waals surface area contributed by atoms with Crippen molar-refractivity contribution in [1.82, 2.24) is 0 Å². The number of thiocarbonyl (C=S) groups is 1. The van der Waals surface area contributed by atoms with Crippen LogP contribution in [0.15, 0.2) is 53.5 Å². The summed E-state index contributed by atoms with van der Waals surface area (Å²) in [7, 11) is 1.62. The molecule has 0 heterocycles. The zero-order valence-corrected chi connectivity index (χ0v) is 10.2. The minimum atomic E-state index is 0.696. The van der Waals surface area contributed by atoms with Gasteiger partial charge in [0.1, 0.15) is 11.4 Å². The highest BCUT2D eigenvalue weighted by atomic mass is 32.1. The number of aliphatic imine (C=N–C) groups is 1. The molecule has 0 saturated heterocycles. The van der Waals surface area contributed by atoms with E-state index in [0.717, 1.165) is 11.1 Å². The molecule has 17 heavy (non-hydrogen) atoms. The molecule has 0 radical (unpaired) electrons. The molecular weight excluding hydrogens is 230 g/mol. The molecule has 84 valence electrons. The summed E-state index contributed by atoms with van der Waals surface area (Å²) in [6, 6.07) is 15.9. The Balaban J connectivity index is 2.48. The number of isothiocyanates is 1. The Morgan fingerprint density at radius 2 is 1.82 bits per heavy atom. The Hall–Kier alpha value is -1.96. The highest BCUT2D eigenvalue weighted by Gasteiger charge is 2.04. The smallest absolute Gasteiger partial charge is 0.145 e. The lowest BCUT2D eigenvalue weighted by atomic mass is 10.1. The van der Waals surface area contributed by atoms with E-state index in [1.54, 1.807) is 7.11 Å². The number of rotatable bonds is 3. The molecule has 0 aliphatic rings. The zero-order chi connectivity index (χ0) is 12.1. The average Bonchev–Trinajstić information content (AvgIpc) is 2.40. The highest BCUT2D eigenvalue weighted by molar-refractivity contribution is 7.78. The second kappa shape index (κ2) is 5.39. The van der Waals surface area contributed by atoms with Gasteiger partial charge in [-0.25, -0.2) is 0 Å². The lowest BCUT2D eigenvalue weighted by Crippen LogP contribution is -1.85. The van der Waals surface area contributed by atoms with Crippen molar-refractivity contribution in [3.63, 3.8) is 0 Å². The third-order valence-corrected chi connectivity index (χ3v) is 2.54. The average molecular weight is 241 g/mol. The van der Waals surface area contributed by atoms with Crippen LogP contribution in [0, 0.1) is 0 Å². The van der Waals surface area contributed by atoms with E-state index in [9.17, 15) is 0 Å². The molecule has 0 aliphatic heterocycles. The third kappa shape index (κ3) is 2.59. The summed E-state index contributed by atoms with van der Waals surface area (Å²) in [5.74, 6) is 0.698. The van der Waals surface area contributed by atoms with Crippen molar-refractivity contribution in [2.45, 2.75) is 0 Å². The molecule has 0 atom stereocenters. The second-order valence-corrected chi connectivity index (χ2v) is 3.64. The summed E-state index contributed by atoms with van der Waals surface area (Å²) in [4.78, 5) is 3.95. The quantitative estimate of drug-likeness (QED) is 0.596. The van der Waals surface area contributed by atoms with Gasteiger partial charge in [-0.1, -0.05) is 36.4 Å². The maximum atomic E-state index is 5.28. The first-order chi connectivity index (χ1) is 8.35. The molecule has 2 nitrogen and oxygen atoms in total. The molecule has 0 N–H and O–H groups in total. The standard InChI is InChI=1S/C14H11NOS/c1-16-14-9-12(7-8-13(14)15-10-17)11-5-3-2-4-6-11/h2-9H,1H3. The van der Waals surface area contributed by atoms with E-state index in [-0.39, 0.29) is 0 Å². The second-order valence-electron chi connectivity index (χ2n) is 3.46. The molecule has 0 amide bonds. The van der Waals surface area contributed by atoms with E-state index in [1.165, 1.54) is 0 Å². The molecule has 3 heteroatoms. The van der Waals surface area contributed by atoms with E-state index in [1.807, 2.05) is 36.4 Å². The van der Waals surface area contributed by atoms with Crippen molar-refractivity contribution < 1.29 is 4.74 Å². The summed E-state index contributed by atoms with van der Waals surface area (Å²) in [6.07, 6.45) is 0. The van der Waals surface area contributed by atoms with E-state index in [0.29, 0.717) is 11.4 Å². The molecular formula is C14H11NOS. The van der Waals surface area contributed by atoms with Gasteiger partial charge >= 0.3 is 0 Å². The summed E-state index contributed by atoms with van der Waals surface area (Å²) in [5.41, 5.74) is 2.93. The number of methoxy groups -OCH3 is 1. The molecule has 2 aromatic carbocycles. The molecule has 0 spiro atoms. The zero-order valence-electron chi connectivity index (χ0n) is 9.38. The van der Waals surface area contributed by atoms with Crippen LogP contribution in [-0.4, -0.2) is 12.3 Å². The van der Waals surface area contributed by atoms with Crippen LogP contribution in [0.2, 0.25) is 0 Å². The first-order valence-corrected chi connectivity index (χ1v) is 5.57. The summed E-state index contributed by atoms with van der Waals surface area (Å²) < 4.78 is 5.28. The monoisotopic (exact) mass is 241 g/mol. The predicted octanol–water partition coefficient (Wildman–Crippen LogP) is 4.10. The van der Waals surface area contributed by atoms with Gasteiger partial charge in [-0.15, -0.1) is 0 Å². The lowest BCUT2D eigenvalue weighted by Gasteiger charge is -2.07. The first kappa shape index (κ1) is 11.5. The molecule has 0 aromatic heterocycles. The van der Waals surface area contributed by atoms with Gasteiger partial charge in [0.15, 0.2) is 0 Å². The fourth-order valence-corrected chi connectivity index (χ4v) is 1.73. The van der Waals surface area contributed by atoms with Crippen molar-refractivity contribution in [2.75, 3.05) is 7.11 Å². The topological polar surface area (TPSA) is 21.6 Å². The Labute approximate surface area is 106 Å². The van der Waals surface area contributed by atoms with Gasteiger partial charge in [0.25, 0.3) is 0 Å². The van der Waals surface area contributed by atoms with Crippen molar-refractivity contribution >= 4 is 23.1 Å².